The van der Waals surface area contributed by atoms with Crippen LogP contribution in [0.25, 0.3) is 22.4 Å². The van der Waals surface area contributed by atoms with Gasteiger partial charge in [-0.3, -0.25) is 4.79 Å². The Morgan fingerprint density at radius 2 is 1.92 bits per heavy atom. The van der Waals surface area contributed by atoms with Crippen molar-refractivity contribution in [1.82, 2.24) is 9.97 Å². The number of carbonyl (C=O) groups is 2. The molecule has 3 rings (SSSR count). The Hall–Kier alpha value is -3.61. The number of aromatic hydroxyl groups is 1. The number of phenolic OH excluding ortho intramolecular Hbond substituents is 1. The molecule has 0 spiro atoms. The first kappa shape index (κ1) is 15.3. The number of anilines is 1. The van der Waals surface area contributed by atoms with E-state index in [9.17, 15) is 14.7 Å². The number of carbonyl (C=O) groups excluding carboxylic acids is 1. The lowest BCUT2D eigenvalue weighted by Crippen LogP contribution is -2.08. The first-order chi connectivity index (χ1) is 11.5. The van der Waals surface area contributed by atoms with E-state index in [1.165, 1.54) is 12.1 Å². The number of hydrogen-bond donors (Lipinski definition) is 4. The third-order valence-electron chi connectivity index (χ3n) is 3.29. The molecule has 1 heterocycles. The Balaban J connectivity index is 1.91. The van der Waals surface area contributed by atoms with Crippen LogP contribution >= 0.6 is 0 Å². The summed E-state index contributed by atoms with van der Waals surface area (Å²) in [5.74, 6) is -1.32. The van der Waals surface area contributed by atoms with Gasteiger partial charge in [0.2, 0.25) is 5.91 Å². The molecule has 3 aromatic rings. The lowest BCUT2D eigenvalue weighted by molar-refractivity contribution is -0.131. The van der Waals surface area contributed by atoms with Crippen molar-refractivity contribution in [3.8, 4) is 17.1 Å². The van der Waals surface area contributed by atoms with Gasteiger partial charge >= 0.3 is 5.97 Å². The maximum atomic E-state index is 11.6. The van der Waals surface area contributed by atoms with Crippen molar-refractivity contribution in [2.24, 2.45) is 0 Å². The first-order valence-corrected chi connectivity index (χ1v) is 7.03. The van der Waals surface area contributed by atoms with Crippen molar-refractivity contribution in [3.63, 3.8) is 0 Å². The number of imidazole rings is 1. The number of aromatic nitrogens is 2. The number of rotatable bonds is 4. The van der Waals surface area contributed by atoms with E-state index in [0.717, 1.165) is 23.2 Å². The van der Waals surface area contributed by atoms with E-state index in [2.05, 4.69) is 15.3 Å². The second-order valence-corrected chi connectivity index (χ2v) is 5.00. The number of amides is 1. The number of carboxylic acid groups (broad SMARTS) is 1. The molecule has 0 aliphatic rings. The van der Waals surface area contributed by atoms with Crippen LogP contribution in [0.1, 0.15) is 0 Å². The van der Waals surface area contributed by atoms with Crippen molar-refractivity contribution >= 4 is 28.6 Å². The van der Waals surface area contributed by atoms with Gasteiger partial charge in [-0.25, -0.2) is 9.78 Å². The Morgan fingerprint density at radius 1 is 1.12 bits per heavy atom. The summed E-state index contributed by atoms with van der Waals surface area (Å²) in [5, 5.41) is 21.1. The second-order valence-electron chi connectivity index (χ2n) is 5.00. The van der Waals surface area contributed by atoms with Crippen LogP contribution in [-0.2, 0) is 9.59 Å². The van der Waals surface area contributed by atoms with Crippen LogP contribution in [0.5, 0.6) is 5.75 Å². The highest BCUT2D eigenvalue weighted by Crippen LogP contribution is 2.31. The second kappa shape index (κ2) is 6.25. The maximum Gasteiger partial charge on any atom is 0.328 e. The van der Waals surface area contributed by atoms with Gasteiger partial charge in [0.15, 0.2) is 0 Å². The highest BCUT2D eigenvalue weighted by Gasteiger charge is 2.11. The molecular weight excluding hydrogens is 310 g/mol. The van der Waals surface area contributed by atoms with Crippen LogP contribution < -0.4 is 5.32 Å². The predicted molar refractivity (Wildman–Crippen MR) is 88.6 cm³/mol. The molecule has 1 aromatic heterocycles. The van der Waals surface area contributed by atoms with Gasteiger partial charge in [-0.1, -0.05) is 12.1 Å². The number of H-pyrrole nitrogens is 1. The molecule has 0 fully saturated rings. The Morgan fingerprint density at radius 3 is 2.67 bits per heavy atom. The van der Waals surface area contributed by atoms with Crippen LogP contribution in [0.3, 0.4) is 0 Å². The number of phenols is 1. The number of nitrogens with one attached hydrogen (secondary N) is 2. The highest BCUT2D eigenvalue weighted by atomic mass is 16.4. The quantitative estimate of drug-likeness (QED) is 0.435. The van der Waals surface area contributed by atoms with Crippen molar-refractivity contribution in [1.29, 1.82) is 0 Å². The summed E-state index contributed by atoms with van der Waals surface area (Å²) in [6.45, 7) is 0. The SMILES string of the molecule is O=C(O)/C=C\C(=O)Nc1ccc(O)c(-c2nc3ccccc3[nH]2)c1. The van der Waals surface area contributed by atoms with Crippen LogP contribution in [0, 0.1) is 0 Å². The summed E-state index contributed by atoms with van der Waals surface area (Å²) >= 11 is 0. The minimum absolute atomic E-state index is 0.00753. The molecule has 0 unspecified atom stereocenters. The van der Waals surface area contributed by atoms with Crippen LogP contribution in [0.15, 0.2) is 54.6 Å². The number of nitrogens with zero attached hydrogens (tertiary/aromatic N) is 1. The topological polar surface area (TPSA) is 115 Å². The summed E-state index contributed by atoms with van der Waals surface area (Å²) in [6.07, 6.45) is 1.66. The molecule has 4 N–H and O–H groups in total. The van der Waals surface area contributed by atoms with Crippen LogP contribution in [0.4, 0.5) is 5.69 Å². The van der Waals surface area contributed by atoms with Crippen molar-refractivity contribution in [2.75, 3.05) is 5.32 Å². The average Bonchev–Trinajstić information content (AvgIpc) is 2.98. The van der Waals surface area contributed by atoms with E-state index in [1.54, 1.807) is 6.07 Å². The van der Waals surface area contributed by atoms with Crippen LogP contribution in [-0.4, -0.2) is 32.1 Å². The molecule has 0 atom stereocenters. The fraction of sp³-hybridized carbons (Fsp3) is 0. The Kier molecular flexibility index (Phi) is 3.98. The van der Waals surface area contributed by atoms with Crippen LogP contribution in [0.2, 0.25) is 0 Å². The molecular formula is C17H13N3O4. The minimum atomic E-state index is -1.21. The van der Waals surface area contributed by atoms with E-state index >= 15 is 0 Å². The summed E-state index contributed by atoms with van der Waals surface area (Å²) in [5.41, 5.74) is 2.41. The molecule has 1 amide bonds. The van der Waals surface area contributed by atoms with E-state index < -0.39 is 11.9 Å². The zero-order chi connectivity index (χ0) is 17.1. The fourth-order valence-corrected chi connectivity index (χ4v) is 2.21. The number of para-hydroxylation sites is 2. The number of aliphatic carboxylic acids is 1. The molecule has 0 saturated carbocycles. The van der Waals surface area contributed by atoms with Gasteiger partial charge in [0, 0.05) is 17.8 Å². The van der Waals surface area contributed by atoms with E-state index in [4.69, 9.17) is 5.11 Å². The summed E-state index contributed by atoms with van der Waals surface area (Å²) in [4.78, 5) is 29.6. The molecule has 0 bridgehead atoms. The molecule has 24 heavy (non-hydrogen) atoms. The lowest BCUT2D eigenvalue weighted by atomic mass is 10.1. The van der Waals surface area contributed by atoms with Gasteiger partial charge in [-0.15, -0.1) is 0 Å². The number of carboxylic acids is 1. The van der Waals surface area contributed by atoms with Gasteiger partial charge in [0.1, 0.15) is 11.6 Å². The molecule has 120 valence electrons. The highest BCUT2D eigenvalue weighted by molar-refractivity contribution is 6.02. The molecule has 0 aliphatic carbocycles. The molecule has 0 radical (unpaired) electrons. The molecule has 7 nitrogen and oxygen atoms in total. The van der Waals surface area contributed by atoms with E-state index in [0.29, 0.717) is 17.1 Å². The Labute approximate surface area is 136 Å². The monoisotopic (exact) mass is 323 g/mol. The lowest BCUT2D eigenvalue weighted by Gasteiger charge is -2.06. The normalized spacial score (nSPS) is 11.0. The molecule has 0 aliphatic heterocycles. The summed E-state index contributed by atoms with van der Waals surface area (Å²) in [7, 11) is 0. The molecule has 0 saturated heterocycles. The van der Waals surface area contributed by atoms with E-state index in [-0.39, 0.29) is 5.75 Å². The van der Waals surface area contributed by atoms with Crippen molar-refractivity contribution in [2.45, 2.75) is 0 Å². The van der Waals surface area contributed by atoms with Gasteiger partial charge in [0.25, 0.3) is 0 Å². The van der Waals surface area contributed by atoms with Crippen molar-refractivity contribution < 1.29 is 19.8 Å². The number of aromatic amines is 1. The van der Waals surface area contributed by atoms with Gasteiger partial charge in [0.05, 0.1) is 16.6 Å². The predicted octanol–water partition coefficient (Wildman–Crippen LogP) is 2.51. The standard InChI is InChI=1S/C17H13N3O4/c21-14-6-5-10(18-15(22)7-8-16(23)24)9-11(14)17-19-12-3-1-2-4-13(12)20-17/h1-9,21H,(H,18,22)(H,19,20)(H,23,24)/b8-7-. The number of hydrogen-bond acceptors (Lipinski definition) is 4. The molecule has 2 aromatic carbocycles. The van der Waals surface area contributed by atoms with Gasteiger partial charge < -0.3 is 20.5 Å². The fourth-order valence-electron chi connectivity index (χ4n) is 2.21. The zero-order valence-electron chi connectivity index (χ0n) is 12.4. The first-order valence-electron chi connectivity index (χ1n) is 7.03. The van der Waals surface area contributed by atoms with Gasteiger partial charge in [-0.2, -0.15) is 0 Å². The smallest absolute Gasteiger partial charge is 0.328 e. The summed E-state index contributed by atoms with van der Waals surface area (Å²) in [6, 6.07) is 11.9. The minimum Gasteiger partial charge on any atom is -0.507 e. The van der Waals surface area contributed by atoms with Crippen molar-refractivity contribution in [3.05, 3.63) is 54.6 Å². The largest absolute Gasteiger partial charge is 0.507 e. The third kappa shape index (κ3) is 3.25. The Bertz CT molecular complexity index is 926. The maximum absolute atomic E-state index is 11.6. The number of benzene rings is 2. The van der Waals surface area contributed by atoms with E-state index in [1.807, 2.05) is 24.3 Å². The number of fused-ring (bicyclic) bond motifs is 1. The third-order valence-corrected chi connectivity index (χ3v) is 3.29. The zero-order valence-corrected chi connectivity index (χ0v) is 12.4. The molecule has 7 heteroatoms. The average molecular weight is 323 g/mol. The summed E-state index contributed by atoms with van der Waals surface area (Å²) < 4.78 is 0. The van der Waals surface area contributed by atoms with Gasteiger partial charge in [-0.05, 0) is 30.3 Å².